The number of hydrogen-bond donors (Lipinski definition) is 2. The topological polar surface area (TPSA) is 40.7 Å². The van der Waals surface area contributed by atoms with E-state index in [0.29, 0.717) is 0 Å². The number of nitrogens with one attached hydrogen (secondary N) is 2. The molecule has 16 heavy (non-hydrogen) atoms. The Morgan fingerprint density at radius 1 is 1.31 bits per heavy atom. The first-order valence-electron chi connectivity index (χ1n) is 5.62. The van der Waals surface area contributed by atoms with Gasteiger partial charge < -0.3 is 10.3 Å². The minimum Gasteiger partial charge on any atom is -0.341 e. The minimum atomic E-state index is 0.794. The van der Waals surface area contributed by atoms with Crippen molar-refractivity contribution in [3.8, 4) is 11.3 Å². The molecular weight excluding hydrogens is 198 g/mol. The average molecular weight is 215 g/mol. The van der Waals surface area contributed by atoms with Crippen LogP contribution >= 0.6 is 0 Å². The number of benzene rings is 1. The van der Waals surface area contributed by atoms with Crippen molar-refractivity contribution in [2.24, 2.45) is 0 Å². The first-order valence-corrected chi connectivity index (χ1v) is 5.62. The molecule has 1 heterocycles. The van der Waals surface area contributed by atoms with E-state index in [1.54, 1.807) is 0 Å². The van der Waals surface area contributed by atoms with E-state index in [2.05, 4.69) is 47.3 Å². The highest BCUT2D eigenvalue weighted by atomic mass is 15.0. The summed E-state index contributed by atoms with van der Waals surface area (Å²) in [5.41, 5.74) is 3.57. The van der Waals surface area contributed by atoms with E-state index in [4.69, 9.17) is 0 Å². The van der Waals surface area contributed by atoms with Crippen LogP contribution in [0.15, 0.2) is 30.5 Å². The average Bonchev–Trinajstić information content (AvgIpc) is 2.75. The molecule has 2 aromatic rings. The zero-order valence-electron chi connectivity index (χ0n) is 9.75. The van der Waals surface area contributed by atoms with Crippen molar-refractivity contribution in [2.45, 2.75) is 20.4 Å². The highest BCUT2D eigenvalue weighted by Crippen LogP contribution is 2.20. The van der Waals surface area contributed by atoms with Gasteiger partial charge in [0.15, 0.2) is 0 Å². The van der Waals surface area contributed by atoms with Gasteiger partial charge in [-0.05, 0) is 19.0 Å². The van der Waals surface area contributed by atoms with Crippen molar-refractivity contribution >= 4 is 0 Å². The lowest BCUT2D eigenvalue weighted by molar-refractivity contribution is 0.698. The monoisotopic (exact) mass is 215 g/mol. The molecule has 0 radical (unpaired) electrons. The standard InChI is InChI=1S/C13H17N3/c1-3-14-9-13-15-8-12(16-13)11-7-5-4-6-10(11)2/h4-8,14H,3,9H2,1-2H3,(H,15,16). The van der Waals surface area contributed by atoms with Gasteiger partial charge in [0.25, 0.3) is 0 Å². The molecule has 0 aliphatic heterocycles. The highest BCUT2D eigenvalue weighted by molar-refractivity contribution is 5.62. The number of hydrogen-bond acceptors (Lipinski definition) is 2. The van der Waals surface area contributed by atoms with Gasteiger partial charge in [0.05, 0.1) is 18.4 Å². The van der Waals surface area contributed by atoms with Crippen molar-refractivity contribution in [3.05, 3.63) is 41.9 Å². The van der Waals surface area contributed by atoms with Gasteiger partial charge in [0.1, 0.15) is 5.82 Å². The van der Waals surface area contributed by atoms with E-state index in [-0.39, 0.29) is 0 Å². The van der Waals surface area contributed by atoms with Gasteiger partial charge in [-0.15, -0.1) is 0 Å². The van der Waals surface area contributed by atoms with E-state index in [1.165, 1.54) is 11.1 Å². The molecule has 0 fully saturated rings. The van der Waals surface area contributed by atoms with Crippen LogP contribution < -0.4 is 5.32 Å². The summed E-state index contributed by atoms with van der Waals surface area (Å²) in [6.07, 6.45) is 1.90. The summed E-state index contributed by atoms with van der Waals surface area (Å²) in [4.78, 5) is 7.68. The number of imidazole rings is 1. The molecule has 0 aliphatic rings. The van der Waals surface area contributed by atoms with Crippen LogP contribution in [-0.4, -0.2) is 16.5 Å². The highest BCUT2D eigenvalue weighted by Gasteiger charge is 2.04. The van der Waals surface area contributed by atoms with E-state index >= 15 is 0 Å². The third kappa shape index (κ3) is 2.31. The number of nitrogens with zero attached hydrogens (tertiary/aromatic N) is 1. The molecule has 0 spiro atoms. The lowest BCUT2D eigenvalue weighted by Crippen LogP contribution is -2.12. The lowest BCUT2D eigenvalue weighted by Gasteiger charge is -2.02. The molecule has 0 saturated heterocycles. The molecule has 3 heteroatoms. The number of aryl methyl sites for hydroxylation is 1. The molecule has 3 nitrogen and oxygen atoms in total. The van der Waals surface area contributed by atoms with Gasteiger partial charge in [-0.25, -0.2) is 4.98 Å². The zero-order valence-corrected chi connectivity index (χ0v) is 9.75. The SMILES string of the molecule is CCNCc1ncc(-c2ccccc2C)[nH]1. The first-order chi connectivity index (χ1) is 7.81. The van der Waals surface area contributed by atoms with Crippen LogP contribution in [0, 0.1) is 6.92 Å². The number of H-pyrrole nitrogens is 1. The molecule has 0 bridgehead atoms. The smallest absolute Gasteiger partial charge is 0.120 e. The van der Waals surface area contributed by atoms with E-state index in [0.717, 1.165) is 24.6 Å². The summed E-state index contributed by atoms with van der Waals surface area (Å²) < 4.78 is 0. The predicted octanol–water partition coefficient (Wildman–Crippen LogP) is 2.49. The van der Waals surface area contributed by atoms with E-state index in [1.807, 2.05) is 12.3 Å². The Morgan fingerprint density at radius 2 is 2.12 bits per heavy atom. The summed E-state index contributed by atoms with van der Waals surface area (Å²) >= 11 is 0. The van der Waals surface area contributed by atoms with Gasteiger partial charge in [-0.2, -0.15) is 0 Å². The van der Waals surface area contributed by atoms with Crippen molar-refractivity contribution in [3.63, 3.8) is 0 Å². The maximum atomic E-state index is 4.35. The summed E-state index contributed by atoms with van der Waals surface area (Å²) in [5, 5.41) is 3.25. The third-order valence-electron chi connectivity index (χ3n) is 2.61. The zero-order chi connectivity index (χ0) is 11.4. The second-order valence-corrected chi connectivity index (χ2v) is 3.84. The summed E-state index contributed by atoms with van der Waals surface area (Å²) in [5.74, 6) is 0.986. The Labute approximate surface area is 95.9 Å². The van der Waals surface area contributed by atoms with E-state index < -0.39 is 0 Å². The number of rotatable bonds is 4. The quantitative estimate of drug-likeness (QED) is 0.822. The molecule has 0 aliphatic carbocycles. The van der Waals surface area contributed by atoms with Crippen LogP contribution in [0.3, 0.4) is 0 Å². The second-order valence-electron chi connectivity index (χ2n) is 3.84. The van der Waals surface area contributed by atoms with Crippen molar-refractivity contribution in [2.75, 3.05) is 6.54 Å². The van der Waals surface area contributed by atoms with Gasteiger partial charge in [0.2, 0.25) is 0 Å². The molecule has 0 atom stereocenters. The first kappa shape index (κ1) is 10.9. The number of aromatic amines is 1. The predicted molar refractivity (Wildman–Crippen MR) is 66.1 cm³/mol. The summed E-state index contributed by atoms with van der Waals surface area (Å²) in [6, 6.07) is 8.32. The second kappa shape index (κ2) is 4.94. The van der Waals surface area contributed by atoms with Crippen LogP contribution in [-0.2, 0) is 6.54 Å². The fourth-order valence-electron chi connectivity index (χ4n) is 1.71. The largest absolute Gasteiger partial charge is 0.341 e. The van der Waals surface area contributed by atoms with Crippen LogP contribution in [0.5, 0.6) is 0 Å². The molecular formula is C13H17N3. The lowest BCUT2D eigenvalue weighted by atomic mass is 10.1. The molecule has 0 amide bonds. The van der Waals surface area contributed by atoms with Gasteiger partial charge in [0, 0.05) is 5.56 Å². The van der Waals surface area contributed by atoms with Crippen molar-refractivity contribution in [1.82, 2.24) is 15.3 Å². The van der Waals surface area contributed by atoms with Crippen molar-refractivity contribution < 1.29 is 0 Å². The molecule has 1 aromatic carbocycles. The fourth-order valence-corrected chi connectivity index (χ4v) is 1.71. The maximum absolute atomic E-state index is 4.35. The molecule has 0 saturated carbocycles. The number of aromatic nitrogens is 2. The minimum absolute atomic E-state index is 0.794. The Bertz CT molecular complexity index is 460. The molecule has 2 N–H and O–H groups in total. The van der Waals surface area contributed by atoms with Crippen LogP contribution in [0.25, 0.3) is 11.3 Å². The van der Waals surface area contributed by atoms with Crippen LogP contribution in [0.2, 0.25) is 0 Å². The summed E-state index contributed by atoms with van der Waals surface area (Å²) in [6.45, 7) is 5.95. The van der Waals surface area contributed by atoms with Gasteiger partial charge in [-0.3, -0.25) is 0 Å². The summed E-state index contributed by atoms with van der Waals surface area (Å²) in [7, 11) is 0. The van der Waals surface area contributed by atoms with Gasteiger partial charge >= 0.3 is 0 Å². The van der Waals surface area contributed by atoms with Gasteiger partial charge in [-0.1, -0.05) is 31.2 Å². The van der Waals surface area contributed by atoms with Crippen LogP contribution in [0.1, 0.15) is 18.3 Å². The third-order valence-corrected chi connectivity index (χ3v) is 2.61. The van der Waals surface area contributed by atoms with E-state index in [9.17, 15) is 0 Å². The maximum Gasteiger partial charge on any atom is 0.120 e. The Balaban J connectivity index is 2.22. The Kier molecular flexibility index (Phi) is 3.37. The van der Waals surface area contributed by atoms with Crippen LogP contribution in [0.4, 0.5) is 0 Å². The normalized spacial score (nSPS) is 10.6. The fraction of sp³-hybridized carbons (Fsp3) is 0.308. The Hall–Kier alpha value is -1.61. The Morgan fingerprint density at radius 3 is 2.88 bits per heavy atom. The van der Waals surface area contributed by atoms with Crippen molar-refractivity contribution in [1.29, 1.82) is 0 Å². The molecule has 0 unspecified atom stereocenters. The molecule has 84 valence electrons. The molecule has 2 rings (SSSR count). The molecule has 1 aromatic heterocycles.